The van der Waals surface area contributed by atoms with Crippen molar-refractivity contribution in [2.45, 2.75) is 19.6 Å². The molecule has 0 atom stereocenters. The molecule has 0 aliphatic heterocycles. The Kier molecular flexibility index (Phi) is 3.09. The highest BCUT2D eigenvalue weighted by molar-refractivity contribution is 7.11. The van der Waals surface area contributed by atoms with E-state index in [-0.39, 0.29) is 5.01 Å². The summed E-state index contributed by atoms with van der Waals surface area (Å²) in [6.07, 6.45) is 0. The molecular weight excluding hydrogens is 214 g/mol. The van der Waals surface area contributed by atoms with Crippen molar-refractivity contribution in [2.24, 2.45) is 0 Å². The van der Waals surface area contributed by atoms with E-state index >= 15 is 0 Å². The molecule has 74 valence electrons. The maximum Gasteiger partial charge on any atom is 0.365 e. The molecule has 1 heterocycles. The van der Waals surface area contributed by atoms with E-state index in [0.29, 0.717) is 5.69 Å². The molecule has 0 fully saturated rings. The Morgan fingerprint density at radius 1 is 1.57 bits per heavy atom. The minimum Gasteiger partial charge on any atom is -0.476 e. The molecule has 3 nitrogen and oxygen atoms in total. The monoisotopic (exact) mass is 225 g/mol. The lowest BCUT2D eigenvalue weighted by Gasteiger charge is -2.02. The maximum atomic E-state index is 10.5. The van der Waals surface area contributed by atoms with Crippen LogP contribution >= 0.6 is 11.3 Å². The first-order chi connectivity index (χ1) is 6.38. The van der Waals surface area contributed by atoms with Crippen molar-refractivity contribution in [3.63, 3.8) is 0 Å². The highest BCUT2D eigenvalue weighted by Crippen LogP contribution is 2.08. The topological polar surface area (TPSA) is 50.2 Å². The smallest absolute Gasteiger partial charge is 0.365 e. The predicted octanol–water partition coefficient (Wildman–Crippen LogP) is 2.07. The zero-order valence-corrected chi connectivity index (χ0v) is 10.1. The van der Waals surface area contributed by atoms with Crippen LogP contribution in [0.4, 0.5) is 0 Å². The molecule has 0 unspecified atom stereocenters. The van der Waals surface area contributed by atoms with Crippen LogP contribution in [0.25, 0.3) is 0 Å². The van der Waals surface area contributed by atoms with Crippen molar-refractivity contribution in [1.29, 1.82) is 0 Å². The number of carbonyl (C=O) groups is 1. The largest absolute Gasteiger partial charge is 0.476 e. The molecule has 0 bridgehead atoms. The summed E-state index contributed by atoms with van der Waals surface area (Å²) in [7, 11) is -1.40. The van der Waals surface area contributed by atoms with Crippen molar-refractivity contribution in [2.75, 3.05) is 0 Å². The zero-order chi connectivity index (χ0) is 10.8. The normalized spacial score (nSPS) is 10.5. The first kappa shape index (κ1) is 11.0. The fourth-order valence-electron chi connectivity index (χ4n) is 0.681. The Morgan fingerprint density at radius 3 is 2.64 bits per heavy atom. The van der Waals surface area contributed by atoms with Gasteiger partial charge < -0.3 is 5.11 Å². The number of hydrogen-bond donors (Lipinski definition) is 1. The van der Waals surface area contributed by atoms with Gasteiger partial charge in [0.1, 0.15) is 13.8 Å². The van der Waals surface area contributed by atoms with Crippen molar-refractivity contribution < 1.29 is 9.90 Å². The lowest BCUT2D eigenvalue weighted by atomic mass is 10.5. The molecule has 0 saturated heterocycles. The molecule has 0 spiro atoms. The van der Waals surface area contributed by atoms with Gasteiger partial charge in [0, 0.05) is 5.38 Å². The van der Waals surface area contributed by atoms with Gasteiger partial charge in [-0.15, -0.1) is 16.9 Å². The standard InChI is InChI=1S/C9H11NO2SSi/c1-14(2,3)5-4-7-6-13-8(10-7)9(11)12/h6H,1-3H3,(H,11,12). The fourth-order valence-corrected chi connectivity index (χ4v) is 1.77. The second kappa shape index (κ2) is 3.94. The van der Waals surface area contributed by atoms with Crippen LogP contribution < -0.4 is 0 Å². The lowest BCUT2D eigenvalue weighted by Crippen LogP contribution is -2.16. The van der Waals surface area contributed by atoms with E-state index in [9.17, 15) is 4.79 Å². The third-order valence-corrected chi connectivity index (χ3v) is 2.96. The first-order valence-electron chi connectivity index (χ1n) is 4.10. The Morgan fingerprint density at radius 2 is 2.21 bits per heavy atom. The van der Waals surface area contributed by atoms with Gasteiger partial charge in [0.15, 0.2) is 0 Å². The summed E-state index contributed by atoms with van der Waals surface area (Å²) in [5.74, 6) is 1.92. The van der Waals surface area contributed by atoms with Gasteiger partial charge in [-0.3, -0.25) is 0 Å². The molecule has 0 radical (unpaired) electrons. The highest BCUT2D eigenvalue weighted by Gasteiger charge is 2.09. The Labute approximate surface area is 87.8 Å². The molecule has 0 aromatic carbocycles. The third kappa shape index (κ3) is 3.32. The van der Waals surface area contributed by atoms with Crippen molar-refractivity contribution in [3.05, 3.63) is 16.1 Å². The number of hydrogen-bond acceptors (Lipinski definition) is 3. The van der Waals surface area contributed by atoms with Gasteiger partial charge in [0.25, 0.3) is 0 Å². The van der Waals surface area contributed by atoms with Crippen molar-refractivity contribution >= 4 is 25.4 Å². The summed E-state index contributed by atoms with van der Waals surface area (Å²) in [6.45, 7) is 6.39. The molecule has 1 aromatic heterocycles. The van der Waals surface area contributed by atoms with Crippen LogP contribution in [0.5, 0.6) is 0 Å². The van der Waals surface area contributed by atoms with Crippen molar-refractivity contribution in [3.8, 4) is 11.5 Å². The number of carboxylic acids is 1. The van der Waals surface area contributed by atoms with E-state index in [1.54, 1.807) is 5.38 Å². The number of thiazole rings is 1. The second-order valence-electron chi connectivity index (χ2n) is 3.84. The highest BCUT2D eigenvalue weighted by atomic mass is 32.1. The molecule has 1 N–H and O–H groups in total. The van der Waals surface area contributed by atoms with E-state index < -0.39 is 14.0 Å². The average molecular weight is 225 g/mol. The molecule has 0 saturated carbocycles. The summed E-state index contributed by atoms with van der Waals surface area (Å²) < 4.78 is 0. The SMILES string of the molecule is C[Si](C)(C)C#Cc1csc(C(=O)O)n1. The van der Waals surface area contributed by atoms with E-state index in [2.05, 4.69) is 36.1 Å². The minimum absolute atomic E-state index is 0.102. The molecule has 0 aliphatic carbocycles. The number of rotatable bonds is 1. The molecule has 1 aromatic rings. The average Bonchev–Trinajstić information content (AvgIpc) is 2.47. The summed E-state index contributed by atoms with van der Waals surface area (Å²) in [6, 6.07) is 0. The Hall–Kier alpha value is -1.12. The van der Waals surface area contributed by atoms with Crippen LogP contribution in [-0.2, 0) is 0 Å². The van der Waals surface area contributed by atoms with E-state index in [0.717, 1.165) is 11.3 Å². The van der Waals surface area contributed by atoms with Crippen molar-refractivity contribution in [1.82, 2.24) is 4.98 Å². The molecular formula is C9H11NO2SSi. The van der Waals surface area contributed by atoms with Crippen LogP contribution in [0.15, 0.2) is 5.38 Å². The first-order valence-corrected chi connectivity index (χ1v) is 8.48. The summed E-state index contributed by atoms with van der Waals surface area (Å²) in [5, 5.41) is 10.4. The van der Waals surface area contributed by atoms with Gasteiger partial charge in [-0.05, 0) is 0 Å². The van der Waals surface area contributed by atoms with Crippen LogP contribution in [0.3, 0.4) is 0 Å². The van der Waals surface area contributed by atoms with Gasteiger partial charge in [-0.25, -0.2) is 9.78 Å². The number of aromatic nitrogens is 1. The fraction of sp³-hybridized carbons (Fsp3) is 0.333. The number of nitrogens with zero attached hydrogens (tertiary/aromatic N) is 1. The van der Waals surface area contributed by atoms with Gasteiger partial charge in [0.05, 0.1) is 0 Å². The second-order valence-corrected chi connectivity index (χ2v) is 9.45. The minimum atomic E-state index is -1.40. The Balaban J connectivity index is 2.87. The van der Waals surface area contributed by atoms with Crippen LogP contribution in [-0.4, -0.2) is 24.1 Å². The van der Waals surface area contributed by atoms with Crippen LogP contribution in [0.1, 0.15) is 15.5 Å². The van der Waals surface area contributed by atoms with E-state index in [1.165, 1.54) is 0 Å². The van der Waals surface area contributed by atoms with Gasteiger partial charge in [-0.1, -0.05) is 25.6 Å². The quantitative estimate of drug-likeness (QED) is 0.588. The molecule has 5 heteroatoms. The number of carboxylic acid groups (broad SMARTS) is 1. The molecule has 0 amide bonds. The number of aromatic carboxylic acids is 1. The van der Waals surface area contributed by atoms with Gasteiger partial charge >= 0.3 is 5.97 Å². The Bertz CT molecular complexity index is 408. The molecule has 14 heavy (non-hydrogen) atoms. The van der Waals surface area contributed by atoms with Crippen LogP contribution in [0, 0.1) is 11.5 Å². The summed E-state index contributed by atoms with van der Waals surface area (Å²) in [5.41, 5.74) is 3.70. The van der Waals surface area contributed by atoms with E-state index in [4.69, 9.17) is 5.11 Å². The van der Waals surface area contributed by atoms with E-state index in [1.807, 2.05) is 0 Å². The predicted molar refractivity (Wildman–Crippen MR) is 59.3 cm³/mol. The summed E-state index contributed by atoms with van der Waals surface area (Å²) in [4.78, 5) is 14.4. The maximum absolute atomic E-state index is 10.5. The van der Waals surface area contributed by atoms with Crippen LogP contribution in [0.2, 0.25) is 19.6 Å². The third-order valence-electron chi connectivity index (χ3n) is 1.25. The van der Waals surface area contributed by atoms with Gasteiger partial charge in [-0.2, -0.15) is 0 Å². The molecule has 1 rings (SSSR count). The lowest BCUT2D eigenvalue weighted by molar-refractivity contribution is 0.0696. The summed E-state index contributed by atoms with van der Waals surface area (Å²) >= 11 is 1.11. The van der Waals surface area contributed by atoms with Gasteiger partial charge in [0.2, 0.25) is 5.01 Å². The zero-order valence-electron chi connectivity index (χ0n) is 8.29. The molecule has 0 aliphatic rings.